The third kappa shape index (κ3) is 4.30. The summed E-state index contributed by atoms with van der Waals surface area (Å²) >= 11 is 1.58. The Balaban J connectivity index is 2.01. The van der Waals surface area contributed by atoms with Crippen molar-refractivity contribution in [3.05, 3.63) is 26.6 Å². The van der Waals surface area contributed by atoms with Gasteiger partial charge in [-0.2, -0.15) is 0 Å². The number of amides is 1. The summed E-state index contributed by atoms with van der Waals surface area (Å²) in [6.07, 6.45) is 4.20. The van der Waals surface area contributed by atoms with Gasteiger partial charge in [0, 0.05) is 18.0 Å². The van der Waals surface area contributed by atoms with Gasteiger partial charge in [0.05, 0.1) is 11.9 Å². The maximum absolute atomic E-state index is 13.4. The number of carbonyl (C=O) groups excluding carboxylic acids is 1. The Morgan fingerprint density at radius 3 is 2.39 bits per heavy atom. The molecule has 1 aliphatic rings. The highest BCUT2D eigenvalue weighted by Crippen LogP contribution is 2.26. The van der Waals surface area contributed by atoms with Crippen LogP contribution in [0.15, 0.2) is 4.79 Å². The van der Waals surface area contributed by atoms with Crippen molar-refractivity contribution in [1.29, 1.82) is 0 Å². The van der Waals surface area contributed by atoms with Crippen LogP contribution in [0.3, 0.4) is 0 Å². The molecule has 154 valence electrons. The van der Waals surface area contributed by atoms with Crippen molar-refractivity contribution in [2.45, 2.75) is 66.5 Å². The molecule has 1 aliphatic heterocycles. The van der Waals surface area contributed by atoms with Crippen molar-refractivity contribution in [2.24, 2.45) is 0 Å². The molecule has 28 heavy (non-hydrogen) atoms. The van der Waals surface area contributed by atoms with E-state index < -0.39 is 0 Å². The van der Waals surface area contributed by atoms with Crippen molar-refractivity contribution in [3.8, 4) is 0 Å². The Bertz CT molecular complexity index is 890. The summed E-state index contributed by atoms with van der Waals surface area (Å²) in [5, 5.41) is 0.679. The van der Waals surface area contributed by atoms with Crippen LogP contribution in [0, 0.1) is 13.8 Å². The number of nitrogens with zero attached hydrogens (tertiary/aromatic N) is 4. The van der Waals surface area contributed by atoms with Gasteiger partial charge in [0.25, 0.3) is 5.56 Å². The number of carbonyl (C=O) groups is 1. The Morgan fingerprint density at radius 2 is 1.79 bits per heavy atom. The molecule has 1 fully saturated rings. The van der Waals surface area contributed by atoms with Gasteiger partial charge in [-0.05, 0) is 58.2 Å². The van der Waals surface area contributed by atoms with Crippen molar-refractivity contribution >= 4 is 27.5 Å². The fraction of sp³-hybridized carbons (Fsp3) is 0.667. The molecule has 2 aromatic rings. The summed E-state index contributed by atoms with van der Waals surface area (Å²) in [5.41, 5.74) is 0.924. The van der Waals surface area contributed by atoms with Crippen molar-refractivity contribution in [3.63, 3.8) is 0 Å². The molecule has 1 amide bonds. The highest BCUT2D eigenvalue weighted by molar-refractivity contribution is 7.18. The lowest BCUT2D eigenvalue weighted by Gasteiger charge is -2.23. The normalized spacial score (nSPS) is 14.9. The lowest BCUT2D eigenvalue weighted by molar-refractivity contribution is -0.132. The zero-order chi connectivity index (χ0) is 20.3. The summed E-state index contributed by atoms with van der Waals surface area (Å²) in [5.74, 6) is 0.737. The van der Waals surface area contributed by atoms with Gasteiger partial charge in [-0.3, -0.25) is 19.1 Å². The van der Waals surface area contributed by atoms with Crippen molar-refractivity contribution in [1.82, 2.24) is 19.4 Å². The van der Waals surface area contributed by atoms with Gasteiger partial charge in [-0.25, -0.2) is 4.98 Å². The van der Waals surface area contributed by atoms with Gasteiger partial charge < -0.3 is 4.90 Å². The molecule has 3 rings (SSSR count). The van der Waals surface area contributed by atoms with Gasteiger partial charge in [0.1, 0.15) is 17.2 Å². The molecule has 0 aliphatic carbocycles. The van der Waals surface area contributed by atoms with Crippen LogP contribution in [0.5, 0.6) is 0 Å². The quantitative estimate of drug-likeness (QED) is 0.677. The molecule has 0 atom stereocenters. The van der Waals surface area contributed by atoms with E-state index in [1.165, 1.54) is 12.8 Å². The molecule has 0 radical (unpaired) electrons. The van der Waals surface area contributed by atoms with Gasteiger partial charge in [0.2, 0.25) is 5.91 Å². The average Bonchev–Trinajstić information content (AvgIpc) is 3.26. The maximum atomic E-state index is 13.4. The summed E-state index contributed by atoms with van der Waals surface area (Å²) in [4.78, 5) is 37.3. The van der Waals surface area contributed by atoms with Crippen LogP contribution in [0.25, 0.3) is 10.2 Å². The van der Waals surface area contributed by atoms with E-state index in [9.17, 15) is 9.59 Å². The second-order valence-corrected chi connectivity index (χ2v) is 8.95. The molecule has 0 spiro atoms. The van der Waals surface area contributed by atoms with E-state index in [0.717, 1.165) is 60.1 Å². The molecule has 0 bridgehead atoms. The maximum Gasteiger partial charge on any atom is 0.263 e. The summed E-state index contributed by atoms with van der Waals surface area (Å²) in [7, 11) is 0. The highest BCUT2D eigenvalue weighted by Gasteiger charge is 2.22. The minimum atomic E-state index is -0.0673. The third-order valence-electron chi connectivity index (χ3n) is 5.56. The van der Waals surface area contributed by atoms with Gasteiger partial charge in [-0.1, -0.05) is 13.8 Å². The molecular formula is C21H32N4O2S. The second kappa shape index (κ2) is 9.18. The Hall–Kier alpha value is -1.73. The minimum Gasteiger partial charge on any atom is -0.341 e. The highest BCUT2D eigenvalue weighted by atomic mass is 32.1. The van der Waals surface area contributed by atoms with Crippen LogP contribution in [-0.4, -0.2) is 51.4 Å². The van der Waals surface area contributed by atoms with E-state index in [-0.39, 0.29) is 18.0 Å². The summed E-state index contributed by atoms with van der Waals surface area (Å²) in [6.45, 7) is 12.4. The van der Waals surface area contributed by atoms with Crippen molar-refractivity contribution < 1.29 is 4.79 Å². The summed E-state index contributed by atoms with van der Waals surface area (Å²) in [6, 6.07) is 0. The standard InChI is InChI=1S/C21H32N4O2S/c1-5-9-24(10-6-2)18(26)14-25-17(13-23-11-7-8-12-23)22-20-19(21(25)27)15(3)16(4)28-20/h5-14H2,1-4H3. The molecule has 0 saturated carbocycles. The van der Waals surface area contributed by atoms with Crippen LogP contribution in [-0.2, 0) is 17.9 Å². The first-order valence-corrected chi connectivity index (χ1v) is 11.3. The first kappa shape index (κ1) is 21.0. The monoisotopic (exact) mass is 404 g/mol. The molecule has 0 unspecified atom stereocenters. The minimum absolute atomic E-state index is 0.0132. The molecule has 0 aromatic carbocycles. The molecule has 1 saturated heterocycles. The molecule has 2 aromatic heterocycles. The predicted octanol–water partition coefficient (Wildman–Crippen LogP) is 3.32. The van der Waals surface area contributed by atoms with Crippen LogP contribution in [0.2, 0.25) is 0 Å². The first-order valence-electron chi connectivity index (χ1n) is 10.5. The molecule has 6 nitrogen and oxygen atoms in total. The van der Waals surface area contributed by atoms with Crippen LogP contribution < -0.4 is 5.56 Å². The van der Waals surface area contributed by atoms with E-state index in [1.807, 2.05) is 18.7 Å². The zero-order valence-electron chi connectivity index (χ0n) is 17.6. The predicted molar refractivity (Wildman–Crippen MR) is 115 cm³/mol. The summed E-state index contributed by atoms with van der Waals surface area (Å²) < 4.78 is 1.64. The number of rotatable bonds is 8. The van der Waals surface area contributed by atoms with E-state index in [2.05, 4.69) is 18.7 Å². The molecular weight excluding hydrogens is 372 g/mol. The number of aromatic nitrogens is 2. The SMILES string of the molecule is CCCN(CCC)C(=O)Cn1c(CN2CCCC2)nc2sc(C)c(C)c2c1=O. The van der Waals surface area contributed by atoms with E-state index in [4.69, 9.17) is 4.98 Å². The number of hydrogen-bond acceptors (Lipinski definition) is 5. The number of likely N-dealkylation sites (tertiary alicyclic amines) is 1. The lowest BCUT2D eigenvalue weighted by Crippen LogP contribution is -2.39. The molecule has 3 heterocycles. The van der Waals surface area contributed by atoms with Crippen molar-refractivity contribution in [2.75, 3.05) is 26.2 Å². The third-order valence-corrected chi connectivity index (χ3v) is 6.67. The fourth-order valence-corrected chi connectivity index (χ4v) is 4.97. The Kier molecular flexibility index (Phi) is 6.88. The zero-order valence-corrected chi connectivity index (χ0v) is 18.4. The molecule has 7 heteroatoms. The van der Waals surface area contributed by atoms with E-state index in [0.29, 0.717) is 11.9 Å². The molecule has 0 N–H and O–H groups in total. The van der Waals surface area contributed by atoms with Gasteiger partial charge in [-0.15, -0.1) is 11.3 Å². The van der Waals surface area contributed by atoms with Gasteiger partial charge in [0.15, 0.2) is 0 Å². The first-order chi connectivity index (χ1) is 13.5. The number of aryl methyl sites for hydroxylation is 2. The van der Waals surface area contributed by atoms with Crippen LogP contribution in [0.4, 0.5) is 0 Å². The number of thiophene rings is 1. The number of hydrogen-bond donors (Lipinski definition) is 0. The van der Waals surface area contributed by atoms with E-state index >= 15 is 0 Å². The Labute approximate surface area is 171 Å². The van der Waals surface area contributed by atoms with Crippen LogP contribution >= 0.6 is 11.3 Å². The van der Waals surface area contributed by atoms with Gasteiger partial charge >= 0.3 is 0 Å². The topological polar surface area (TPSA) is 58.4 Å². The smallest absolute Gasteiger partial charge is 0.263 e. The van der Waals surface area contributed by atoms with E-state index in [1.54, 1.807) is 15.9 Å². The van der Waals surface area contributed by atoms with Crippen LogP contribution in [0.1, 0.15) is 55.8 Å². The largest absolute Gasteiger partial charge is 0.341 e. The average molecular weight is 405 g/mol. The fourth-order valence-electron chi connectivity index (χ4n) is 3.93. The lowest BCUT2D eigenvalue weighted by atomic mass is 10.2. The Morgan fingerprint density at radius 1 is 1.14 bits per heavy atom. The number of fused-ring (bicyclic) bond motifs is 1. The second-order valence-electron chi connectivity index (χ2n) is 7.75.